The Morgan fingerprint density at radius 3 is 3.30 bits per heavy atom. The Morgan fingerprint density at radius 1 is 1.40 bits per heavy atom. The van der Waals surface area contributed by atoms with Crippen LogP contribution in [0.4, 0.5) is 0 Å². The average molecular weight is 134 g/mol. The standard InChI is InChI=1S/C8H10N2/c1-2-6-10-7-3-5-9-8(10)4-1/h1-3,5,7-8H,4,6H2. The van der Waals surface area contributed by atoms with Crippen molar-refractivity contribution >= 4 is 6.21 Å². The van der Waals surface area contributed by atoms with E-state index in [2.05, 4.69) is 28.2 Å². The van der Waals surface area contributed by atoms with Crippen molar-refractivity contribution in [1.29, 1.82) is 0 Å². The predicted octanol–water partition coefficient (Wildman–Crippen LogP) is 1.17. The smallest absolute Gasteiger partial charge is 0.124 e. The highest BCUT2D eigenvalue weighted by atomic mass is 15.2. The summed E-state index contributed by atoms with van der Waals surface area (Å²) >= 11 is 0. The van der Waals surface area contributed by atoms with E-state index in [0.29, 0.717) is 6.17 Å². The molecule has 0 amide bonds. The van der Waals surface area contributed by atoms with Gasteiger partial charge < -0.3 is 4.90 Å². The molecule has 0 fully saturated rings. The van der Waals surface area contributed by atoms with Gasteiger partial charge in [0.05, 0.1) is 0 Å². The Labute approximate surface area is 60.6 Å². The molecule has 0 saturated heterocycles. The first kappa shape index (κ1) is 5.71. The normalized spacial score (nSPS) is 28.8. The lowest BCUT2D eigenvalue weighted by atomic mass is 10.2. The highest BCUT2D eigenvalue weighted by molar-refractivity contribution is 5.71. The van der Waals surface area contributed by atoms with Crippen LogP contribution in [0.3, 0.4) is 0 Å². The molecule has 0 N–H and O–H groups in total. The SMILES string of the molecule is C1=CN2CC=CCC2N=C1. The van der Waals surface area contributed by atoms with E-state index in [1.807, 2.05) is 12.3 Å². The minimum atomic E-state index is 0.384. The average Bonchev–Trinajstić information content (AvgIpc) is 2.05. The molecule has 2 heteroatoms. The zero-order valence-electron chi connectivity index (χ0n) is 5.77. The lowest BCUT2D eigenvalue weighted by Crippen LogP contribution is -2.33. The minimum Gasteiger partial charge on any atom is -0.352 e. The number of allylic oxidation sites excluding steroid dienone is 1. The zero-order valence-corrected chi connectivity index (χ0v) is 5.77. The van der Waals surface area contributed by atoms with Gasteiger partial charge in [0.1, 0.15) is 6.17 Å². The summed E-state index contributed by atoms with van der Waals surface area (Å²) in [5.41, 5.74) is 0. The van der Waals surface area contributed by atoms with Gasteiger partial charge in [-0.15, -0.1) is 0 Å². The van der Waals surface area contributed by atoms with Gasteiger partial charge in [0.15, 0.2) is 0 Å². The number of rotatable bonds is 0. The largest absolute Gasteiger partial charge is 0.352 e. The van der Waals surface area contributed by atoms with Crippen molar-refractivity contribution in [3.63, 3.8) is 0 Å². The molecule has 0 saturated carbocycles. The van der Waals surface area contributed by atoms with Crippen LogP contribution in [0.15, 0.2) is 29.4 Å². The number of nitrogens with zero attached hydrogens (tertiary/aromatic N) is 2. The third-order valence-corrected chi connectivity index (χ3v) is 1.83. The molecule has 0 aliphatic carbocycles. The summed E-state index contributed by atoms with van der Waals surface area (Å²) in [7, 11) is 0. The number of hydrogen-bond donors (Lipinski definition) is 0. The minimum absolute atomic E-state index is 0.384. The molecule has 52 valence electrons. The maximum atomic E-state index is 4.31. The van der Waals surface area contributed by atoms with Gasteiger partial charge in [-0.25, -0.2) is 0 Å². The lowest BCUT2D eigenvalue weighted by Gasteiger charge is -2.30. The molecular weight excluding hydrogens is 124 g/mol. The molecule has 2 nitrogen and oxygen atoms in total. The monoisotopic (exact) mass is 134 g/mol. The maximum absolute atomic E-state index is 4.31. The summed E-state index contributed by atoms with van der Waals surface area (Å²) in [5, 5.41) is 0. The van der Waals surface area contributed by atoms with Gasteiger partial charge in [-0.2, -0.15) is 0 Å². The van der Waals surface area contributed by atoms with Crippen LogP contribution in [-0.4, -0.2) is 23.8 Å². The topological polar surface area (TPSA) is 15.6 Å². The summed E-state index contributed by atoms with van der Waals surface area (Å²) in [5.74, 6) is 0. The molecule has 0 bridgehead atoms. The lowest BCUT2D eigenvalue weighted by molar-refractivity contribution is 0.297. The highest BCUT2D eigenvalue weighted by Gasteiger charge is 2.14. The van der Waals surface area contributed by atoms with E-state index in [1.54, 1.807) is 0 Å². The van der Waals surface area contributed by atoms with Crippen molar-refractivity contribution in [1.82, 2.24) is 4.90 Å². The first-order valence-electron chi connectivity index (χ1n) is 3.57. The van der Waals surface area contributed by atoms with Crippen LogP contribution in [0.25, 0.3) is 0 Å². The second-order valence-corrected chi connectivity index (χ2v) is 2.52. The molecule has 0 radical (unpaired) electrons. The summed E-state index contributed by atoms with van der Waals surface area (Å²) in [6, 6.07) is 0. The molecule has 1 unspecified atom stereocenters. The zero-order chi connectivity index (χ0) is 6.81. The Morgan fingerprint density at radius 2 is 2.40 bits per heavy atom. The van der Waals surface area contributed by atoms with Crippen molar-refractivity contribution in [2.75, 3.05) is 6.54 Å². The molecule has 2 aliphatic rings. The van der Waals surface area contributed by atoms with Gasteiger partial charge in [0, 0.05) is 25.4 Å². The van der Waals surface area contributed by atoms with Gasteiger partial charge in [0.2, 0.25) is 0 Å². The van der Waals surface area contributed by atoms with Crippen LogP contribution in [0, 0.1) is 0 Å². The Kier molecular flexibility index (Phi) is 1.31. The molecule has 2 rings (SSSR count). The third kappa shape index (κ3) is 0.856. The van der Waals surface area contributed by atoms with Crippen LogP contribution in [0.1, 0.15) is 6.42 Å². The Balaban J connectivity index is 2.19. The molecule has 2 heterocycles. The molecule has 0 aromatic carbocycles. The molecular formula is C8H10N2. The van der Waals surface area contributed by atoms with Crippen LogP contribution >= 0.6 is 0 Å². The molecule has 2 aliphatic heterocycles. The van der Waals surface area contributed by atoms with Crippen molar-refractivity contribution in [2.45, 2.75) is 12.6 Å². The first-order valence-corrected chi connectivity index (χ1v) is 3.57. The van der Waals surface area contributed by atoms with Gasteiger partial charge in [-0.3, -0.25) is 4.99 Å². The van der Waals surface area contributed by atoms with E-state index < -0.39 is 0 Å². The summed E-state index contributed by atoms with van der Waals surface area (Å²) in [4.78, 5) is 6.55. The van der Waals surface area contributed by atoms with Crippen molar-refractivity contribution in [3.05, 3.63) is 24.4 Å². The van der Waals surface area contributed by atoms with Crippen molar-refractivity contribution in [2.24, 2.45) is 4.99 Å². The number of fused-ring (bicyclic) bond motifs is 1. The van der Waals surface area contributed by atoms with E-state index in [-0.39, 0.29) is 0 Å². The Bertz CT molecular complexity index is 181. The van der Waals surface area contributed by atoms with Crippen LogP contribution in [0.2, 0.25) is 0 Å². The van der Waals surface area contributed by atoms with E-state index in [1.165, 1.54) is 0 Å². The number of hydrogen-bond acceptors (Lipinski definition) is 2. The summed E-state index contributed by atoms with van der Waals surface area (Å²) in [6.45, 7) is 1.01. The molecule has 0 aromatic heterocycles. The quantitative estimate of drug-likeness (QED) is 0.454. The number of aliphatic imine (C=N–C) groups is 1. The van der Waals surface area contributed by atoms with Crippen LogP contribution in [-0.2, 0) is 0 Å². The molecule has 1 atom stereocenters. The third-order valence-electron chi connectivity index (χ3n) is 1.83. The van der Waals surface area contributed by atoms with Gasteiger partial charge in [-0.1, -0.05) is 12.2 Å². The molecule has 0 spiro atoms. The second kappa shape index (κ2) is 2.29. The fourth-order valence-electron chi connectivity index (χ4n) is 1.28. The molecule has 0 aromatic rings. The van der Waals surface area contributed by atoms with Gasteiger partial charge in [0.25, 0.3) is 0 Å². The van der Waals surface area contributed by atoms with Crippen LogP contribution < -0.4 is 0 Å². The Hall–Kier alpha value is -1.05. The fraction of sp³-hybridized carbons (Fsp3) is 0.375. The summed E-state index contributed by atoms with van der Waals surface area (Å²) in [6.07, 6.45) is 11.8. The van der Waals surface area contributed by atoms with Crippen molar-refractivity contribution in [3.8, 4) is 0 Å². The fourth-order valence-corrected chi connectivity index (χ4v) is 1.28. The maximum Gasteiger partial charge on any atom is 0.124 e. The van der Waals surface area contributed by atoms with E-state index in [4.69, 9.17) is 0 Å². The predicted molar refractivity (Wildman–Crippen MR) is 41.9 cm³/mol. The van der Waals surface area contributed by atoms with E-state index in [0.717, 1.165) is 13.0 Å². The summed E-state index contributed by atoms with van der Waals surface area (Å²) < 4.78 is 0. The van der Waals surface area contributed by atoms with E-state index >= 15 is 0 Å². The van der Waals surface area contributed by atoms with E-state index in [9.17, 15) is 0 Å². The van der Waals surface area contributed by atoms with Gasteiger partial charge >= 0.3 is 0 Å². The van der Waals surface area contributed by atoms with Gasteiger partial charge in [-0.05, 0) is 6.08 Å². The molecule has 10 heavy (non-hydrogen) atoms. The van der Waals surface area contributed by atoms with Crippen LogP contribution in [0.5, 0.6) is 0 Å². The highest BCUT2D eigenvalue weighted by Crippen LogP contribution is 2.14. The second-order valence-electron chi connectivity index (χ2n) is 2.52. The van der Waals surface area contributed by atoms with Crippen molar-refractivity contribution < 1.29 is 0 Å². The first-order chi connectivity index (χ1) is 4.97.